The molecule has 82 valence electrons. The maximum atomic E-state index is 3.53. The van der Waals surface area contributed by atoms with E-state index in [1.807, 2.05) is 0 Å². The molecule has 0 amide bonds. The first kappa shape index (κ1) is 10.5. The quantitative estimate of drug-likeness (QED) is 0.812. The van der Waals surface area contributed by atoms with Gasteiger partial charge in [0.05, 0.1) is 0 Å². The third-order valence-corrected chi connectivity index (χ3v) is 3.13. The predicted molar refractivity (Wildman–Crippen MR) is 65.5 cm³/mol. The summed E-state index contributed by atoms with van der Waals surface area (Å²) in [6.07, 6.45) is 2.64. The molecule has 2 heteroatoms. The molecule has 0 spiro atoms. The summed E-state index contributed by atoms with van der Waals surface area (Å²) in [5, 5.41) is 3.53. The SMILES string of the molecule is Cc1ccc(N(C)CC2CCCN2)cc1. The van der Waals surface area contributed by atoms with Crippen LogP contribution in [0.1, 0.15) is 18.4 Å². The first-order valence-electron chi connectivity index (χ1n) is 5.77. The Morgan fingerprint density at radius 2 is 2.07 bits per heavy atom. The third-order valence-electron chi connectivity index (χ3n) is 3.13. The van der Waals surface area contributed by atoms with E-state index in [0.29, 0.717) is 6.04 Å². The molecule has 1 saturated heterocycles. The first-order chi connectivity index (χ1) is 7.25. The minimum absolute atomic E-state index is 0.677. The number of nitrogens with one attached hydrogen (secondary N) is 1. The zero-order chi connectivity index (χ0) is 10.7. The third kappa shape index (κ3) is 2.72. The lowest BCUT2D eigenvalue weighted by Gasteiger charge is -2.23. The van der Waals surface area contributed by atoms with Crippen LogP contribution >= 0.6 is 0 Å². The van der Waals surface area contributed by atoms with Crippen LogP contribution in [0, 0.1) is 6.92 Å². The zero-order valence-electron chi connectivity index (χ0n) is 9.66. The van der Waals surface area contributed by atoms with Gasteiger partial charge in [-0.05, 0) is 38.4 Å². The lowest BCUT2D eigenvalue weighted by molar-refractivity contribution is 0.600. The molecule has 1 unspecified atom stereocenters. The van der Waals surface area contributed by atoms with Crippen molar-refractivity contribution >= 4 is 5.69 Å². The van der Waals surface area contributed by atoms with Crippen molar-refractivity contribution in [3.8, 4) is 0 Å². The summed E-state index contributed by atoms with van der Waals surface area (Å²) in [5.74, 6) is 0. The van der Waals surface area contributed by atoms with Crippen molar-refractivity contribution in [2.45, 2.75) is 25.8 Å². The Morgan fingerprint density at radius 1 is 1.33 bits per heavy atom. The maximum absolute atomic E-state index is 3.53. The molecule has 2 rings (SSSR count). The van der Waals surface area contributed by atoms with Gasteiger partial charge in [-0.3, -0.25) is 0 Å². The van der Waals surface area contributed by atoms with E-state index in [0.717, 1.165) is 6.54 Å². The Labute approximate surface area is 92.3 Å². The molecule has 1 fully saturated rings. The molecule has 1 N–H and O–H groups in total. The normalized spacial score (nSPS) is 20.5. The van der Waals surface area contributed by atoms with Crippen molar-refractivity contribution in [2.75, 3.05) is 25.0 Å². The summed E-state index contributed by atoms with van der Waals surface area (Å²) in [6, 6.07) is 9.42. The fraction of sp³-hybridized carbons (Fsp3) is 0.538. The van der Waals surface area contributed by atoms with Gasteiger partial charge < -0.3 is 10.2 Å². The standard InChI is InChI=1S/C13H20N2/c1-11-5-7-13(8-6-11)15(2)10-12-4-3-9-14-12/h5-8,12,14H,3-4,9-10H2,1-2H3. The van der Waals surface area contributed by atoms with Gasteiger partial charge in [0.25, 0.3) is 0 Å². The van der Waals surface area contributed by atoms with Crippen LogP contribution in [-0.2, 0) is 0 Å². The van der Waals surface area contributed by atoms with Gasteiger partial charge in [-0.15, -0.1) is 0 Å². The molecular weight excluding hydrogens is 184 g/mol. The smallest absolute Gasteiger partial charge is 0.0364 e. The highest BCUT2D eigenvalue weighted by atomic mass is 15.1. The minimum atomic E-state index is 0.677. The van der Waals surface area contributed by atoms with Crippen LogP contribution in [0.3, 0.4) is 0 Å². The summed E-state index contributed by atoms with van der Waals surface area (Å²) < 4.78 is 0. The number of anilines is 1. The van der Waals surface area contributed by atoms with E-state index in [4.69, 9.17) is 0 Å². The van der Waals surface area contributed by atoms with Gasteiger partial charge in [-0.2, -0.15) is 0 Å². The van der Waals surface area contributed by atoms with Crippen LogP contribution < -0.4 is 10.2 Å². The molecule has 1 aliphatic heterocycles. The molecule has 0 saturated carbocycles. The number of hydrogen-bond donors (Lipinski definition) is 1. The molecule has 0 aromatic heterocycles. The lowest BCUT2D eigenvalue weighted by Crippen LogP contribution is -2.35. The van der Waals surface area contributed by atoms with Gasteiger partial charge in [0.15, 0.2) is 0 Å². The molecule has 1 atom stereocenters. The van der Waals surface area contributed by atoms with E-state index >= 15 is 0 Å². The summed E-state index contributed by atoms with van der Waals surface area (Å²) >= 11 is 0. The highest BCUT2D eigenvalue weighted by Crippen LogP contribution is 2.15. The van der Waals surface area contributed by atoms with Crippen molar-refractivity contribution in [1.29, 1.82) is 0 Å². The summed E-state index contributed by atoms with van der Waals surface area (Å²) in [4.78, 5) is 2.34. The first-order valence-corrected chi connectivity index (χ1v) is 5.77. The van der Waals surface area contributed by atoms with Gasteiger partial charge >= 0.3 is 0 Å². The van der Waals surface area contributed by atoms with Gasteiger partial charge in [0.1, 0.15) is 0 Å². The van der Waals surface area contributed by atoms with Crippen LogP contribution in [0.5, 0.6) is 0 Å². The van der Waals surface area contributed by atoms with Gasteiger partial charge in [-0.1, -0.05) is 17.7 Å². The Morgan fingerprint density at radius 3 is 2.67 bits per heavy atom. The van der Waals surface area contributed by atoms with Crippen molar-refractivity contribution < 1.29 is 0 Å². The van der Waals surface area contributed by atoms with Crippen LogP contribution in [0.15, 0.2) is 24.3 Å². The van der Waals surface area contributed by atoms with Gasteiger partial charge in [-0.25, -0.2) is 0 Å². The monoisotopic (exact) mass is 204 g/mol. The summed E-state index contributed by atoms with van der Waals surface area (Å²) in [5.41, 5.74) is 2.64. The molecule has 1 aliphatic rings. The van der Waals surface area contributed by atoms with E-state index in [-0.39, 0.29) is 0 Å². The second-order valence-electron chi connectivity index (χ2n) is 4.51. The Balaban J connectivity index is 1.94. The number of nitrogens with zero attached hydrogens (tertiary/aromatic N) is 1. The second kappa shape index (κ2) is 4.67. The number of aryl methyl sites for hydroxylation is 1. The van der Waals surface area contributed by atoms with Gasteiger partial charge in [0, 0.05) is 25.3 Å². The molecule has 0 radical (unpaired) electrons. The van der Waals surface area contributed by atoms with Crippen molar-refractivity contribution in [3.05, 3.63) is 29.8 Å². The topological polar surface area (TPSA) is 15.3 Å². The Hall–Kier alpha value is -1.02. The van der Waals surface area contributed by atoms with Crippen molar-refractivity contribution in [1.82, 2.24) is 5.32 Å². The molecular formula is C13H20N2. The van der Waals surface area contributed by atoms with Crippen LogP contribution in [-0.4, -0.2) is 26.2 Å². The summed E-state index contributed by atoms with van der Waals surface area (Å²) in [7, 11) is 2.17. The summed E-state index contributed by atoms with van der Waals surface area (Å²) in [6.45, 7) is 4.43. The number of hydrogen-bond acceptors (Lipinski definition) is 2. The van der Waals surface area contributed by atoms with E-state index in [2.05, 4.69) is 48.5 Å². The molecule has 1 aromatic rings. The van der Waals surface area contributed by atoms with Crippen LogP contribution in [0.2, 0.25) is 0 Å². The number of rotatable bonds is 3. The molecule has 0 bridgehead atoms. The van der Waals surface area contributed by atoms with Crippen molar-refractivity contribution in [3.63, 3.8) is 0 Å². The fourth-order valence-electron chi connectivity index (χ4n) is 2.15. The Bertz CT molecular complexity index is 299. The molecule has 0 aliphatic carbocycles. The second-order valence-corrected chi connectivity index (χ2v) is 4.51. The van der Waals surface area contributed by atoms with Crippen LogP contribution in [0.25, 0.3) is 0 Å². The highest BCUT2D eigenvalue weighted by molar-refractivity contribution is 5.46. The largest absolute Gasteiger partial charge is 0.373 e. The van der Waals surface area contributed by atoms with Gasteiger partial charge in [0.2, 0.25) is 0 Å². The molecule has 2 nitrogen and oxygen atoms in total. The average molecular weight is 204 g/mol. The predicted octanol–water partition coefficient (Wildman–Crippen LogP) is 2.18. The minimum Gasteiger partial charge on any atom is -0.373 e. The molecule has 15 heavy (non-hydrogen) atoms. The van der Waals surface area contributed by atoms with Crippen LogP contribution in [0.4, 0.5) is 5.69 Å². The molecule has 1 aromatic carbocycles. The highest BCUT2D eigenvalue weighted by Gasteiger charge is 2.15. The fourth-order valence-corrected chi connectivity index (χ4v) is 2.15. The van der Waals surface area contributed by atoms with E-state index in [1.165, 1.54) is 30.6 Å². The van der Waals surface area contributed by atoms with E-state index in [1.54, 1.807) is 0 Å². The zero-order valence-corrected chi connectivity index (χ0v) is 9.66. The number of benzene rings is 1. The maximum Gasteiger partial charge on any atom is 0.0364 e. The van der Waals surface area contributed by atoms with E-state index in [9.17, 15) is 0 Å². The molecule has 1 heterocycles. The van der Waals surface area contributed by atoms with E-state index < -0.39 is 0 Å². The number of likely N-dealkylation sites (N-methyl/N-ethyl adjacent to an activating group) is 1. The average Bonchev–Trinajstić information content (AvgIpc) is 2.71. The Kier molecular flexibility index (Phi) is 3.27. The lowest BCUT2D eigenvalue weighted by atomic mass is 10.2. The van der Waals surface area contributed by atoms with Crippen molar-refractivity contribution in [2.24, 2.45) is 0 Å².